The molecule has 2 aromatic heterocycles. The normalized spacial score (nSPS) is 16.4. The van der Waals surface area contributed by atoms with Crippen LogP contribution in [0.4, 0.5) is 0 Å². The molecule has 0 unspecified atom stereocenters. The van der Waals surface area contributed by atoms with E-state index in [1.165, 1.54) is 0 Å². The molecular weight excluding hydrogens is 280 g/mol. The molecule has 3 rings (SSSR count). The predicted molar refractivity (Wildman–Crippen MR) is 83.7 cm³/mol. The Balaban J connectivity index is 1.75. The van der Waals surface area contributed by atoms with Crippen molar-refractivity contribution in [3.8, 4) is 0 Å². The minimum atomic E-state index is 0.0561. The van der Waals surface area contributed by atoms with Crippen molar-refractivity contribution in [1.29, 1.82) is 0 Å². The topological polar surface area (TPSA) is 71.3 Å². The van der Waals surface area contributed by atoms with E-state index in [-0.39, 0.29) is 5.91 Å². The van der Waals surface area contributed by atoms with Gasteiger partial charge in [0.2, 0.25) is 0 Å². The lowest BCUT2D eigenvalue weighted by Gasteiger charge is -2.31. The summed E-state index contributed by atoms with van der Waals surface area (Å²) in [5.41, 5.74) is 1.98. The average Bonchev–Trinajstić information content (AvgIpc) is 2.97. The second kappa shape index (κ2) is 6.44. The Kier molecular flexibility index (Phi) is 4.38. The van der Waals surface area contributed by atoms with E-state index < -0.39 is 0 Å². The smallest absolute Gasteiger partial charge is 0.257 e. The van der Waals surface area contributed by atoms with Crippen LogP contribution in [0, 0.1) is 5.92 Å². The summed E-state index contributed by atoms with van der Waals surface area (Å²) in [6.45, 7) is 4.66. The van der Waals surface area contributed by atoms with Crippen molar-refractivity contribution in [2.45, 2.75) is 26.2 Å². The Labute approximate surface area is 129 Å². The van der Waals surface area contributed by atoms with Crippen molar-refractivity contribution in [3.63, 3.8) is 0 Å². The van der Waals surface area contributed by atoms with E-state index >= 15 is 0 Å². The number of aromatic nitrogens is 2. The quantitative estimate of drug-likeness (QED) is 0.933. The third kappa shape index (κ3) is 2.83. The summed E-state index contributed by atoms with van der Waals surface area (Å²) in [7, 11) is 1.97. The summed E-state index contributed by atoms with van der Waals surface area (Å²) in [5.74, 6) is 0.722. The Hall–Kier alpha value is -1.95. The molecule has 6 nitrogen and oxygen atoms in total. The molecule has 1 aliphatic heterocycles. The second-order valence-electron chi connectivity index (χ2n) is 5.85. The number of aryl methyl sites for hydroxylation is 1. The van der Waals surface area contributed by atoms with Crippen LogP contribution in [-0.4, -0.2) is 47.6 Å². The van der Waals surface area contributed by atoms with Crippen molar-refractivity contribution < 1.29 is 9.32 Å². The van der Waals surface area contributed by atoms with Gasteiger partial charge in [-0.25, -0.2) is 4.98 Å². The van der Waals surface area contributed by atoms with Crippen molar-refractivity contribution >= 4 is 17.0 Å². The molecule has 6 heteroatoms. The minimum absolute atomic E-state index is 0.0561. The van der Waals surface area contributed by atoms with Gasteiger partial charge in [-0.3, -0.25) is 4.79 Å². The molecule has 0 spiro atoms. The summed E-state index contributed by atoms with van der Waals surface area (Å²) in [4.78, 5) is 18.8. The van der Waals surface area contributed by atoms with Gasteiger partial charge in [-0.1, -0.05) is 12.1 Å². The number of hydrogen-bond donors (Lipinski definition) is 1. The van der Waals surface area contributed by atoms with Gasteiger partial charge in [-0.05, 0) is 44.8 Å². The summed E-state index contributed by atoms with van der Waals surface area (Å²) < 4.78 is 5.17. The van der Waals surface area contributed by atoms with E-state index in [2.05, 4.69) is 15.5 Å². The Bertz CT molecular complexity index is 659. The minimum Gasteiger partial charge on any atom is -0.339 e. The highest BCUT2D eigenvalue weighted by Gasteiger charge is 2.24. The van der Waals surface area contributed by atoms with Crippen LogP contribution in [0.1, 0.15) is 35.8 Å². The second-order valence-corrected chi connectivity index (χ2v) is 5.85. The number of fused-ring (bicyclic) bond motifs is 1. The van der Waals surface area contributed by atoms with Gasteiger partial charge in [-0.15, -0.1) is 0 Å². The fourth-order valence-corrected chi connectivity index (χ4v) is 3.06. The molecule has 1 N–H and O–H groups in total. The van der Waals surface area contributed by atoms with Crippen LogP contribution in [0.25, 0.3) is 11.1 Å². The first-order valence-corrected chi connectivity index (χ1v) is 7.91. The van der Waals surface area contributed by atoms with Crippen molar-refractivity contribution in [2.75, 3.05) is 26.7 Å². The van der Waals surface area contributed by atoms with Crippen LogP contribution in [0.3, 0.4) is 0 Å². The highest BCUT2D eigenvalue weighted by Crippen LogP contribution is 2.21. The first-order valence-electron chi connectivity index (χ1n) is 7.91. The van der Waals surface area contributed by atoms with Crippen molar-refractivity contribution in [1.82, 2.24) is 20.4 Å². The third-order valence-electron chi connectivity index (χ3n) is 4.38. The number of nitrogens with one attached hydrogen (secondary N) is 1. The van der Waals surface area contributed by atoms with Crippen LogP contribution >= 0.6 is 0 Å². The zero-order valence-electron chi connectivity index (χ0n) is 13.1. The molecule has 1 amide bonds. The van der Waals surface area contributed by atoms with Crippen LogP contribution < -0.4 is 5.32 Å². The molecule has 22 heavy (non-hydrogen) atoms. The molecule has 1 saturated heterocycles. The maximum Gasteiger partial charge on any atom is 0.257 e. The zero-order chi connectivity index (χ0) is 15.5. The van der Waals surface area contributed by atoms with E-state index in [0.717, 1.165) is 50.0 Å². The third-order valence-corrected chi connectivity index (χ3v) is 4.38. The molecule has 0 aromatic carbocycles. The number of piperidine rings is 1. The zero-order valence-corrected chi connectivity index (χ0v) is 13.1. The monoisotopic (exact) mass is 302 g/mol. The van der Waals surface area contributed by atoms with Gasteiger partial charge >= 0.3 is 0 Å². The standard InChI is InChI=1S/C16H22N4O2/c1-3-14-13-8-12(10-18-15(13)22-19-14)16(21)20-6-4-11(5-7-20)9-17-2/h8,10-11,17H,3-7,9H2,1-2H3. The Morgan fingerprint density at radius 3 is 2.91 bits per heavy atom. The maximum atomic E-state index is 12.6. The van der Waals surface area contributed by atoms with Gasteiger partial charge in [-0.2, -0.15) is 0 Å². The van der Waals surface area contributed by atoms with Crippen LogP contribution in [0.2, 0.25) is 0 Å². The first kappa shape index (κ1) is 15.0. The Morgan fingerprint density at radius 1 is 1.45 bits per heavy atom. The van der Waals surface area contributed by atoms with Crippen molar-refractivity contribution in [3.05, 3.63) is 23.5 Å². The van der Waals surface area contributed by atoms with E-state index in [0.29, 0.717) is 17.2 Å². The summed E-state index contributed by atoms with van der Waals surface area (Å²) in [6.07, 6.45) is 4.46. The summed E-state index contributed by atoms with van der Waals surface area (Å²) in [5, 5.41) is 8.05. The molecule has 3 heterocycles. The SMILES string of the molecule is CCc1noc2ncc(C(=O)N3CCC(CNC)CC3)cc12. The van der Waals surface area contributed by atoms with Gasteiger partial charge in [0.05, 0.1) is 16.6 Å². The first-order chi connectivity index (χ1) is 10.7. The summed E-state index contributed by atoms with van der Waals surface area (Å²) >= 11 is 0. The number of pyridine rings is 1. The molecular formula is C16H22N4O2. The number of amides is 1. The lowest BCUT2D eigenvalue weighted by atomic mass is 9.96. The van der Waals surface area contributed by atoms with E-state index in [4.69, 9.17) is 4.52 Å². The molecule has 2 aromatic rings. The average molecular weight is 302 g/mol. The predicted octanol–water partition coefficient (Wildman–Crippen LogP) is 1.86. The van der Waals surface area contributed by atoms with Gasteiger partial charge in [0.25, 0.3) is 11.6 Å². The number of nitrogens with zero attached hydrogens (tertiary/aromatic N) is 3. The number of carbonyl (C=O) groups is 1. The largest absolute Gasteiger partial charge is 0.339 e. The fourth-order valence-electron chi connectivity index (χ4n) is 3.06. The Morgan fingerprint density at radius 2 is 2.23 bits per heavy atom. The van der Waals surface area contributed by atoms with Gasteiger partial charge in [0, 0.05) is 19.3 Å². The lowest BCUT2D eigenvalue weighted by molar-refractivity contribution is 0.0690. The summed E-state index contributed by atoms with van der Waals surface area (Å²) in [6, 6.07) is 1.86. The molecule has 0 saturated carbocycles. The van der Waals surface area contributed by atoms with Gasteiger partial charge < -0.3 is 14.7 Å². The van der Waals surface area contributed by atoms with Gasteiger partial charge in [0.15, 0.2) is 0 Å². The highest BCUT2D eigenvalue weighted by molar-refractivity contribution is 5.97. The molecule has 1 aliphatic rings. The van der Waals surface area contributed by atoms with Crippen LogP contribution in [-0.2, 0) is 6.42 Å². The number of rotatable bonds is 4. The van der Waals surface area contributed by atoms with Crippen molar-refractivity contribution in [2.24, 2.45) is 5.92 Å². The van der Waals surface area contributed by atoms with E-state index in [1.54, 1.807) is 6.20 Å². The highest BCUT2D eigenvalue weighted by atomic mass is 16.5. The molecule has 0 atom stereocenters. The lowest BCUT2D eigenvalue weighted by Crippen LogP contribution is -2.40. The number of hydrogen-bond acceptors (Lipinski definition) is 5. The van der Waals surface area contributed by atoms with E-state index in [1.807, 2.05) is 24.9 Å². The molecule has 1 fully saturated rings. The maximum absolute atomic E-state index is 12.6. The van der Waals surface area contributed by atoms with Gasteiger partial charge in [0.1, 0.15) is 0 Å². The molecule has 0 radical (unpaired) electrons. The molecule has 118 valence electrons. The molecule has 0 bridgehead atoms. The van der Waals surface area contributed by atoms with Crippen LogP contribution in [0.5, 0.6) is 0 Å². The van der Waals surface area contributed by atoms with E-state index in [9.17, 15) is 4.79 Å². The van der Waals surface area contributed by atoms with Crippen LogP contribution in [0.15, 0.2) is 16.8 Å². The number of carbonyl (C=O) groups excluding carboxylic acids is 1. The fraction of sp³-hybridized carbons (Fsp3) is 0.562. The molecule has 0 aliphatic carbocycles. The number of likely N-dealkylation sites (tertiary alicyclic amines) is 1.